The maximum Gasteiger partial charge on any atom is 0.213 e. The van der Waals surface area contributed by atoms with Crippen LogP contribution in [0.2, 0.25) is 0 Å². The van der Waals surface area contributed by atoms with Gasteiger partial charge < -0.3 is 0 Å². The van der Waals surface area contributed by atoms with Gasteiger partial charge in [0.05, 0.1) is 11.4 Å². The summed E-state index contributed by atoms with van der Waals surface area (Å²) in [5.74, 6) is 0.933. The quantitative estimate of drug-likeness (QED) is 0.849. The van der Waals surface area contributed by atoms with Gasteiger partial charge in [0.25, 0.3) is 0 Å². The third-order valence-electron chi connectivity index (χ3n) is 4.46. The maximum atomic E-state index is 12.2. The topological polar surface area (TPSA) is 76.1 Å². The molecular formula is C17H22N4O2S. The van der Waals surface area contributed by atoms with Gasteiger partial charge in [-0.25, -0.2) is 22.7 Å². The van der Waals surface area contributed by atoms with Gasteiger partial charge in [-0.1, -0.05) is 0 Å². The second-order valence-corrected chi connectivity index (χ2v) is 8.31. The Morgan fingerprint density at radius 2 is 2.04 bits per heavy atom. The number of nitrogens with zero attached hydrogens (tertiary/aromatic N) is 4. The van der Waals surface area contributed by atoms with Crippen LogP contribution >= 0.6 is 0 Å². The molecule has 1 saturated heterocycles. The normalized spacial score (nSPS) is 19.3. The number of piperidine rings is 1. The first-order chi connectivity index (χ1) is 11.5. The first kappa shape index (κ1) is 17.0. The third-order valence-corrected chi connectivity index (χ3v) is 6.31. The molecule has 0 spiro atoms. The summed E-state index contributed by atoms with van der Waals surface area (Å²) >= 11 is 0. The zero-order chi connectivity index (χ0) is 17.2. The van der Waals surface area contributed by atoms with E-state index in [4.69, 9.17) is 0 Å². The van der Waals surface area contributed by atoms with Crippen LogP contribution in [0, 0.1) is 6.92 Å². The van der Waals surface area contributed by atoms with E-state index in [1.54, 1.807) is 23.6 Å². The summed E-state index contributed by atoms with van der Waals surface area (Å²) in [6, 6.07) is 3.86. The van der Waals surface area contributed by atoms with Gasteiger partial charge in [-0.15, -0.1) is 0 Å². The van der Waals surface area contributed by atoms with E-state index in [1.165, 1.54) is 0 Å². The molecule has 2 aromatic heterocycles. The number of aryl methyl sites for hydroxylation is 1. The number of hydrogen-bond donors (Lipinski definition) is 0. The van der Waals surface area contributed by atoms with Gasteiger partial charge in [0.1, 0.15) is 5.82 Å². The molecule has 1 fully saturated rings. The molecule has 0 amide bonds. The molecule has 0 bridgehead atoms. The Labute approximate surface area is 143 Å². The molecule has 7 heteroatoms. The SMILES string of the molecule is CCS(=O)(=O)N1CCCC(c2nc(C)ncc2-c2ccncc2)C1. The Kier molecular flexibility index (Phi) is 4.91. The van der Waals surface area contributed by atoms with Gasteiger partial charge >= 0.3 is 0 Å². The Morgan fingerprint density at radius 1 is 1.29 bits per heavy atom. The van der Waals surface area contributed by atoms with Crippen LogP contribution in [0.5, 0.6) is 0 Å². The summed E-state index contributed by atoms with van der Waals surface area (Å²) in [5.41, 5.74) is 2.91. The van der Waals surface area contributed by atoms with Crippen LogP contribution in [0.3, 0.4) is 0 Å². The molecule has 0 N–H and O–H groups in total. The molecule has 24 heavy (non-hydrogen) atoms. The van der Waals surface area contributed by atoms with Crippen molar-refractivity contribution in [2.75, 3.05) is 18.8 Å². The van der Waals surface area contributed by atoms with Crippen molar-refractivity contribution in [1.82, 2.24) is 19.3 Å². The minimum Gasteiger partial charge on any atom is -0.265 e. The zero-order valence-electron chi connectivity index (χ0n) is 14.0. The molecule has 0 radical (unpaired) electrons. The lowest BCUT2D eigenvalue weighted by molar-refractivity contribution is 0.313. The van der Waals surface area contributed by atoms with Crippen LogP contribution in [0.15, 0.2) is 30.7 Å². The number of rotatable bonds is 4. The van der Waals surface area contributed by atoms with Crippen molar-refractivity contribution in [1.29, 1.82) is 0 Å². The molecule has 1 unspecified atom stereocenters. The lowest BCUT2D eigenvalue weighted by Crippen LogP contribution is -2.40. The Bertz CT molecular complexity index is 809. The summed E-state index contributed by atoms with van der Waals surface area (Å²) in [6.45, 7) is 4.64. The standard InChI is InChI=1S/C17H22N4O2S/c1-3-24(22,23)21-10-4-5-15(12-21)17-16(11-19-13(2)20-17)14-6-8-18-9-7-14/h6-9,11,15H,3-5,10,12H2,1-2H3. The van der Waals surface area contributed by atoms with E-state index in [2.05, 4.69) is 15.0 Å². The van der Waals surface area contributed by atoms with E-state index < -0.39 is 10.0 Å². The van der Waals surface area contributed by atoms with E-state index in [-0.39, 0.29) is 11.7 Å². The van der Waals surface area contributed by atoms with Crippen molar-refractivity contribution < 1.29 is 8.42 Å². The van der Waals surface area contributed by atoms with Crippen LogP contribution < -0.4 is 0 Å². The minimum absolute atomic E-state index is 0.0879. The highest BCUT2D eigenvalue weighted by Crippen LogP contribution is 2.33. The average molecular weight is 346 g/mol. The second-order valence-electron chi connectivity index (χ2n) is 6.05. The lowest BCUT2D eigenvalue weighted by atomic mass is 9.91. The van der Waals surface area contributed by atoms with E-state index in [0.29, 0.717) is 18.9 Å². The van der Waals surface area contributed by atoms with Gasteiger partial charge in [-0.2, -0.15) is 0 Å². The van der Waals surface area contributed by atoms with Crippen LogP contribution in [0.25, 0.3) is 11.1 Å². The van der Waals surface area contributed by atoms with Gasteiger partial charge in [0.15, 0.2) is 0 Å². The molecule has 1 aliphatic heterocycles. The second kappa shape index (κ2) is 6.94. The molecule has 0 aliphatic carbocycles. The molecule has 1 aliphatic rings. The maximum absolute atomic E-state index is 12.2. The summed E-state index contributed by atoms with van der Waals surface area (Å²) in [5, 5.41) is 0. The largest absolute Gasteiger partial charge is 0.265 e. The van der Waals surface area contributed by atoms with Crippen molar-refractivity contribution in [2.24, 2.45) is 0 Å². The molecule has 1 atom stereocenters. The smallest absolute Gasteiger partial charge is 0.213 e. The molecule has 128 valence electrons. The average Bonchev–Trinajstić information content (AvgIpc) is 2.62. The highest BCUT2D eigenvalue weighted by atomic mass is 32.2. The van der Waals surface area contributed by atoms with Crippen LogP contribution in [-0.4, -0.2) is 46.5 Å². The van der Waals surface area contributed by atoms with Gasteiger partial charge in [0, 0.05) is 43.2 Å². The van der Waals surface area contributed by atoms with E-state index in [9.17, 15) is 8.42 Å². The molecular weight excluding hydrogens is 324 g/mol. The molecule has 0 aromatic carbocycles. The van der Waals surface area contributed by atoms with Crippen LogP contribution in [0.1, 0.15) is 37.2 Å². The first-order valence-corrected chi connectivity index (χ1v) is 9.84. The van der Waals surface area contributed by atoms with Crippen molar-refractivity contribution in [3.05, 3.63) is 42.2 Å². The monoisotopic (exact) mass is 346 g/mol. The summed E-state index contributed by atoms with van der Waals surface area (Å²) in [4.78, 5) is 13.1. The van der Waals surface area contributed by atoms with Gasteiger partial charge in [-0.05, 0) is 44.4 Å². The minimum atomic E-state index is -3.17. The Balaban J connectivity index is 1.98. The predicted octanol–water partition coefficient (Wildman–Crippen LogP) is 2.38. The van der Waals surface area contributed by atoms with Crippen molar-refractivity contribution in [2.45, 2.75) is 32.6 Å². The fourth-order valence-corrected chi connectivity index (χ4v) is 4.33. The summed E-state index contributed by atoms with van der Waals surface area (Å²) in [7, 11) is -3.17. The van der Waals surface area contributed by atoms with Gasteiger partial charge in [-0.3, -0.25) is 4.98 Å². The first-order valence-electron chi connectivity index (χ1n) is 8.23. The Morgan fingerprint density at radius 3 is 2.75 bits per heavy atom. The number of sulfonamides is 1. The molecule has 3 heterocycles. The predicted molar refractivity (Wildman–Crippen MR) is 93.0 cm³/mol. The van der Waals surface area contributed by atoms with Crippen molar-refractivity contribution in [3.8, 4) is 11.1 Å². The summed E-state index contributed by atoms with van der Waals surface area (Å²) < 4.78 is 26.1. The highest BCUT2D eigenvalue weighted by molar-refractivity contribution is 7.89. The third kappa shape index (κ3) is 3.47. The van der Waals surface area contributed by atoms with E-state index in [0.717, 1.165) is 29.7 Å². The lowest BCUT2D eigenvalue weighted by Gasteiger charge is -2.32. The Hall–Kier alpha value is -1.86. The molecule has 0 saturated carbocycles. The van der Waals surface area contributed by atoms with Crippen LogP contribution in [0.4, 0.5) is 0 Å². The number of pyridine rings is 1. The van der Waals surface area contributed by atoms with Crippen molar-refractivity contribution in [3.63, 3.8) is 0 Å². The number of hydrogen-bond acceptors (Lipinski definition) is 5. The van der Waals surface area contributed by atoms with E-state index >= 15 is 0 Å². The summed E-state index contributed by atoms with van der Waals surface area (Å²) in [6.07, 6.45) is 7.11. The molecule has 3 rings (SSSR count). The number of aromatic nitrogens is 3. The zero-order valence-corrected chi connectivity index (χ0v) is 14.8. The van der Waals surface area contributed by atoms with Gasteiger partial charge in [0.2, 0.25) is 10.0 Å². The highest BCUT2D eigenvalue weighted by Gasteiger charge is 2.30. The van der Waals surface area contributed by atoms with Crippen LogP contribution in [-0.2, 0) is 10.0 Å². The fraction of sp³-hybridized carbons (Fsp3) is 0.471. The van der Waals surface area contributed by atoms with Crippen molar-refractivity contribution >= 4 is 10.0 Å². The molecule has 2 aromatic rings. The van der Waals surface area contributed by atoms with E-state index in [1.807, 2.05) is 25.3 Å². The fourth-order valence-electron chi connectivity index (χ4n) is 3.15. The molecule has 6 nitrogen and oxygen atoms in total.